The first-order valence-corrected chi connectivity index (χ1v) is 7.32. The number of nitrogens with one attached hydrogen (secondary N) is 1. The van der Waals surface area contributed by atoms with Crippen molar-refractivity contribution in [3.63, 3.8) is 0 Å². The molecule has 2 rings (SSSR count). The van der Waals surface area contributed by atoms with Gasteiger partial charge in [0.2, 0.25) is 0 Å². The van der Waals surface area contributed by atoms with Crippen molar-refractivity contribution in [2.45, 2.75) is 13.0 Å². The number of hydrogen-bond acceptors (Lipinski definition) is 3. The molecule has 0 aliphatic heterocycles. The maximum absolute atomic E-state index is 13.1. The van der Waals surface area contributed by atoms with Gasteiger partial charge >= 0.3 is 0 Å². The third-order valence-corrected chi connectivity index (χ3v) is 3.74. The number of halogens is 2. The lowest BCUT2D eigenvalue weighted by Gasteiger charge is -2.18. The topological polar surface area (TPSA) is 47.6 Å². The smallest absolute Gasteiger partial charge is 0.253 e. The molecule has 0 fully saturated rings. The van der Waals surface area contributed by atoms with E-state index in [4.69, 9.17) is 21.1 Å². The van der Waals surface area contributed by atoms with E-state index in [0.29, 0.717) is 11.5 Å². The average Bonchev–Trinajstić information content (AvgIpc) is 2.53. The van der Waals surface area contributed by atoms with Crippen LogP contribution in [0.1, 0.15) is 28.9 Å². The lowest BCUT2D eigenvalue weighted by Crippen LogP contribution is -2.27. The zero-order valence-corrected chi connectivity index (χ0v) is 13.8. The second-order valence-corrected chi connectivity index (χ2v) is 5.33. The van der Waals surface area contributed by atoms with E-state index in [1.54, 1.807) is 32.4 Å². The molecule has 0 heterocycles. The van der Waals surface area contributed by atoms with Gasteiger partial charge in [-0.3, -0.25) is 4.79 Å². The quantitative estimate of drug-likeness (QED) is 0.897. The summed E-state index contributed by atoms with van der Waals surface area (Å²) in [7, 11) is 3.11. The summed E-state index contributed by atoms with van der Waals surface area (Å²) in [4.78, 5) is 12.3. The Hall–Kier alpha value is -2.27. The van der Waals surface area contributed by atoms with Crippen LogP contribution < -0.4 is 14.8 Å². The van der Waals surface area contributed by atoms with Gasteiger partial charge in [0.15, 0.2) is 0 Å². The van der Waals surface area contributed by atoms with Gasteiger partial charge in [0.25, 0.3) is 5.91 Å². The molecule has 6 heteroatoms. The summed E-state index contributed by atoms with van der Waals surface area (Å²) in [6.07, 6.45) is 0. The first-order valence-electron chi connectivity index (χ1n) is 6.94. The summed E-state index contributed by atoms with van der Waals surface area (Å²) in [6.45, 7) is 1.81. The molecular formula is C17H17ClFNO3. The number of carbonyl (C=O) groups excluding carboxylic acids is 1. The van der Waals surface area contributed by atoms with Gasteiger partial charge in [-0.1, -0.05) is 11.6 Å². The van der Waals surface area contributed by atoms with E-state index in [1.165, 1.54) is 12.1 Å². The summed E-state index contributed by atoms with van der Waals surface area (Å²) >= 11 is 5.91. The Labute approximate surface area is 139 Å². The molecule has 122 valence electrons. The summed E-state index contributed by atoms with van der Waals surface area (Å²) in [5, 5.41) is 2.88. The van der Waals surface area contributed by atoms with Crippen LogP contribution in [0.25, 0.3) is 0 Å². The fraction of sp³-hybridized carbons (Fsp3) is 0.235. The number of benzene rings is 2. The van der Waals surface area contributed by atoms with Crippen LogP contribution in [0.3, 0.4) is 0 Å². The first-order chi connectivity index (χ1) is 11.0. The first kappa shape index (κ1) is 17.1. The Kier molecular flexibility index (Phi) is 5.45. The lowest BCUT2D eigenvalue weighted by atomic mass is 10.1. The minimum atomic E-state index is -0.492. The van der Waals surface area contributed by atoms with Gasteiger partial charge in [-0.25, -0.2) is 4.39 Å². The highest BCUT2D eigenvalue weighted by Crippen LogP contribution is 2.29. The fourth-order valence-electron chi connectivity index (χ4n) is 2.20. The molecule has 2 aromatic rings. The highest BCUT2D eigenvalue weighted by Gasteiger charge is 2.18. The predicted octanol–water partition coefficient (Wildman–Crippen LogP) is 3.99. The number of rotatable bonds is 5. The van der Waals surface area contributed by atoms with E-state index in [1.807, 2.05) is 6.92 Å². The van der Waals surface area contributed by atoms with Crippen LogP contribution in [0.15, 0.2) is 36.4 Å². The molecule has 0 saturated carbocycles. The Morgan fingerprint density at radius 1 is 1.17 bits per heavy atom. The SMILES string of the molecule is COc1ccc(OC)c(C(C)NC(=O)c2ccc(F)cc2Cl)c1. The van der Waals surface area contributed by atoms with Crippen LogP contribution in [-0.2, 0) is 0 Å². The van der Waals surface area contributed by atoms with Gasteiger partial charge in [0, 0.05) is 5.56 Å². The maximum Gasteiger partial charge on any atom is 0.253 e. The van der Waals surface area contributed by atoms with E-state index < -0.39 is 11.7 Å². The molecule has 0 aromatic heterocycles. The van der Waals surface area contributed by atoms with Gasteiger partial charge in [-0.15, -0.1) is 0 Å². The molecule has 1 N–H and O–H groups in total. The molecule has 1 atom stereocenters. The Balaban J connectivity index is 2.24. The van der Waals surface area contributed by atoms with Crippen molar-refractivity contribution in [3.8, 4) is 11.5 Å². The van der Waals surface area contributed by atoms with Crippen LogP contribution >= 0.6 is 11.6 Å². The second-order valence-electron chi connectivity index (χ2n) is 4.93. The molecule has 1 amide bonds. The van der Waals surface area contributed by atoms with Crippen molar-refractivity contribution in [2.24, 2.45) is 0 Å². The van der Waals surface area contributed by atoms with E-state index in [9.17, 15) is 9.18 Å². The van der Waals surface area contributed by atoms with Crippen LogP contribution in [0.4, 0.5) is 4.39 Å². The molecular weight excluding hydrogens is 321 g/mol. The van der Waals surface area contributed by atoms with Crippen LogP contribution in [0, 0.1) is 5.82 Å². The van der Waals surface area contributed by atoms with Gasteiger partial charge < -0.3 is 14.8 Å². The predicted molar refractivity (Wildman–Crippen MR) is 86.8 cm³/mol. The summed E-state index contributed by atoms with van der Waals surface area (Å²) in [5.74, 6) is 0.395. The Bertz CT molecular complexity index is 721. The van der Waals surface area contributed by atoms with Crippen molar-refractivity contribution in [1.82, 2.24) is 5.32 Å². The standard InChI is InChI=1S/C17H17ClFNO3/c1-10(14-9-12(22-2)5-7-16(14)23-3)20-17(21)13-6-4-11(19)8-15(13)18/h4-10H,1-3H3,(H,20,21). The number of carbonyl (C=O) groups is 1. The lowest BCUT2D eigenvalue weighted by molar-refractivity contribution is 0.0939. The summed E-state index contributed by atoms with van der Waals surface area (Å²) in [5.41, 5.74) is 0.972. The van der Waals surface area contributed by atoms with Crippen molar-refractivity contribution < 1.29 is 18.7 Å². The molecule has 0 radical (unpaired) electrons. The monoisotopic (exact) mass is 337 g/mol. The molecule has 23 heavy (non-hydrogen) atoms. The van der Waals surface area contributed by atoms with E-state index >= 15 is 0 Å². The molecule has 0 aliphatic carbocycles. The Morgan fingerprint density at radius 3 is 2.52 bits per heavy atom. The van der Waals surface area contributed by atoms with E-state index in [-0.39, 0.29) is 16.6 Å². The Morgan fingerprint density at radius 2 is 1.91 bits per heavy atom. The van der Waals surface area contributed by atoms with Crippen molar-refractivity contribution in [1.29, 1.82) is 0 Å². The van der Waals surface area contributed by atoms with Gasteiger partial charge in [-0.05, 0) is 43.3 Å². The fourth-order valence-corrected chi connectivity index (χ4v) is 2.46. The summed E-state index contributed by atoms with van der Waals surface area (Å²) in [6, 6.07) is 8.62. The zero-order chi connectivity index (χ0) is 17.0. The maximum atomic E-state index is 13.1. The third-order valence-electron chi connectivity index (χ3n) is 3.43. The highest BCUT2D eigenvalue weighted by atomic mass is 35.5. The molecule has 0 bridgehead atoms. The van der Waals surface area contributed by atoms with Crippen LogP contribution in [-0.4, -0.2) is 20.1 Å². The molecule has 0 saturated heterocycles. The molecule has 0 spiro atoms. The van der Waals surface area contributed by atoms with Gasteiger partial charge in [0.1, 0.15) is 17.3 Å². The van der Waals surface area contributed by atoms with Crippen molar-refractivity contribution >= 4 is 17.5 Å². The van der Waals surface area contributed by atoms with Gasteiger partial charge in [0.05, 0.1) is 30.8 Å². The van der Waals surface area contributed by atoms with Crippen molar-refractivity contribution in [3.05, 3.63) is 58.4 Å². The molecule has 2 aromatic carbocycles. The largest absolute Gasteiger partial charge is 0.497 e. The molecule has 4 nitrogen and oxygen atoms in total. The summed E-state index contributed by atoms with van der Waals surface area (Å²) < 4.78 is 23.6. The number of amides is 1. The zero-order valence-electron chi connectivity index (χ0n) is 13.0. The minimum Gasteiger partial charge on any atom is -0.497 e. The van der Waals surface area contributed by atoms with Crippen LogP contribution in [0.2, 0.25) is 5.02 Å². The number of ether oxygens (including phenoxy) is 2. The number of hydrogen-bond donors (Lipinski definition) is 1. The highest BCUT2D eigenvalue weighted by molar-refractivity contribution is 6.33. The van der Waals surface area contributed by atoms with Crippen LogP contribution in [0.5, 0.6) is 11.5 Å². The minimum absolute atomic E-state index is 0.0623. The van der Waals surface area contributed by atoms with Gasteiger partial charge in [-0.2, -0.15) is 0 Å². The van der Waals surface area contributed by atoms with E-state index in [2.05, 4.69) is 5.32 Å². The molecule has 0 aliphatic rings. The number of methoxy groups -OCH3 is 2. The third kappa shape index (κ3) is 3.93. The van der Waals surface area contributed by atoms with E-state index in [0.717, 1.165) is 11.6 Å². The second kappa shape index (κ2) is 7.33. The average molecular weight is 338 g/mol. The normalized spacial score (nSPS) is 11.7. The van der Waals surface area contributed by atoms with Crippen molar-refractivity contribution in [2.75, 3.05) is 14.2 Å². The molecule has 1 unspecified atom stereocenters.